The van der Waals surface area contributed by atoms with E-state index in [1.807, 2.05) is 49.4 Å². The molecule has 3 heteroatoms. The molecule has 2 aromatic carbocycles. The van der Waals surface area contributed by atoms with Gasteiger partial charge in [-0.25, -0.2) is 0 Å². The molecule has 0 heterocycles. The molecule has 0 aliphatic carbocycles. The number of aryl methyl sites for hydroxylation is 1. The molecule has 0 saturated heterocycles. The van der Waals surface area contributed by atoms with Gasteiger partial charge >= 0.3 is 0 Å². The van der Waals surface area contributed by atoms with Crippen LogP contribution in [-0.2, 0) is 0 Å². The Labute approximate surface area is 105 Å². The SMILES string of the molecule is Cc1ccc(Sc2ccc(N)cc2)c(C#N)c1. The third-order valence-electron chi connectivity index (χ3n) is 2.36. The van der Waals surface area contributed by atoms with Crippen molar-refractivity contribution in [2.75, 3.05) is 5.73 Å². The normalized spacial score (nSPS) is 9.88. The van der Waals surface area contributed by atoms with Gasteiger partial charge in [-0.3, -0.25) is 0 Å². The van der Waals surface area contributed by atoms with E-state index in [0.717, 1.165) is 21.0 Å². The fourth-order valence-electron chi connectivity index (χ4n) is 1.48. The summed E-state index contributed by atoms with van der Waals surface area (Å²) in [5.74, 6) is 0. The topological polar surface area (TPSA) is 49.8 Å². The summed E-state index contributed by atoms with van der Waals surface area (Å²) in [7, 11) is 0. The number of nitrogens with zero attached hydrogens (tertiary/aromatic N) is 1. The van der Waals surface area contributed by atoms with Crippen molar-refractivity contribution in [1.29, 1.82) is 5.26 Å². The smallest absolute Gasteiger partial charge is 0.100 e. The first-order valence-corrected chi connectivity index (χ1v) is 6.05. The minimum absolute atomic E-state index is 0.715. The average molecular weight is 240 g/mol. The Morgan fingerprint density at radius 1 is 1.12 bits per heavy atom. The van der Waals surface area contributed by atoms with Gasteiger partial charge in [0.2, 0.25) is 0 Å². The minimum Gasteiger partial charge on any atom is -0.399 e. The molecule has 0 aliphatic rings. The highest BCUT2D eigenvalue weighted by Gasteiger charge is 2.04. The van der Waals surface area contributed by atoms with E-state index in [-0.39, 0.29) is 0 Å². The highest BCUT2D eigenvalue weighted by molar-refractivity contribution is 7.99. The molecule has 84 valence electrons. The van der Waals surface area contributed by atoms with Crippen LogP contribution in [0.15, 0.2) is 52.3 Å². The standard InChI is InChI=1S/C14H12N2S/c1-10-2-7-14(11(8-10)9-15)17-13-5-3-12(16)4-6-13/h2-8H,16H2,1H3. The fourth-order valence-corrected chi connectivity index (χ4v) is 2.36. The Hall–Kier alpha value is -1.92. The van der Waals surface area contributed by atoms with Gasteiger partial charge in [0.25, 0.3) is 0 Å². The maximum Gasteiger partial charge on any atom is 0.100 e. The van der Waals surface area contributed by atoms with Crippen molar-refractivity contribution in [2.24, 2.45) is 0 Å². The Morgan fingerprint density at radius 2 is 1.82 bits per heavy atom. The molecular weight excluding hydrogens is 228 g/mol. The molecule has 0 aliphatic heterocycles. The van der Waals surface area contributed by atoms with Crippen molar-refractivity contribution >= 4 is 17.4 Å². The molecule has 2 N–H and O–H groups in total. The lowest BCUT2D eigenvalue weighted by molar-refractivity contribution is 1.31. The van der Waals surface area contributed by atoms with Crippen LogP contribution in [0.1, 0.15) is 11.1 Å². The Morgan fingerprint density at radius 3 is 2.47 bits per heavy atom. The van der Waals surface area contributed by atoms with Crippen LogP contribution in [0.3, 0.4) is 0 Å². The molecule has 0 fully saturated rings. The molecule has 0 atom stereocenters. The van der Waals surface area contributed by atoms with Gasteiger partial charge in [0.05, 0.1) is 5.56 Å². The van der Waals surface area contributed by atoms with Crippen LogP contribution < -0.4 is 5.73 Å². The van der Waals surface area contributed by atoms with Gasteiger partial charge in [-0.1, -0.05) is 17.8 Å². The third-order valence-corrected chi connectivity index (χ3v) is 3.45. The van der Waals surface area contributed by atoms with Crippen molar-refractivity contribution in [3.05, 3.63) is 53.6 Å². The van der Waals surface area contributed by atoms with Crippen LogP contribution >= 0.6 is 11.8 Å². The molecule has 2 rings (SSSR count). The summed E-state index contributed by atoms with van der Waals surface area (Å²) in [6.45, 7) is 1.98. The van der Waals surface area contributed by atoms with E-state index in [1.54, 1.807) is 11.8 Å². The average Bonchev–Trinajstić information content (AvgIpc) is 2.34. The van der Waals surface area contributed by atoms with E-state index in [0.29, 0.717) is 5.56 Å². The number of hydrogen-bond donors (Lipinski definition) is 1. The number of nitriles is 1. The van der Waals surface area contributed by atoms with E-state index in [1.165, 1.54) is 0 Å². The number of rotatable bonds is 2. The summed E-state index contributed by atoms with van der Waals surface area (Å²) >= 11 is 1.58. The molecule has 2 nitrogen and oxygen atoms in total. The van der Waals surface area contributed by atoms with Crippen molar-refractivity contribution < 1.29 is 0 Å². The van der Waals surface area contributed by atoms with Crippen molar-refractivity contribution in [3.63, 3.8) is 0 Å². The number of benzene rings is 2. The van der Waals surface area contributed by atoms with Gasteiger partial charge in [-0.2, -0.15) is 5.26 Å². The first kappa shape index (κ1) is 11.6. The van der Waals surface area contributed by atoms with Crippen LogP contribution in [0, 0.1) is 18.3 Å². The van der Waals surface area contributed by atoms with Gasteiger partial charge in [-0.05, 0) is 48.9 Å². The second-order valence-electron chi connectivity index (χ2n) is 3.78. The van der Waals surface area contributed by atoms with Crippen LogP contribution in [0.2, 0.25) is 0 Å². The van der Waals surface area contributed by atoms with Gasteiger partial charge in [0.15, 0.2) is 0 Å². The van der Waals surface area contributed by atoms with Gasteiger partial charge < -0.3 is 5.73 Å². The second-order valence-corrected chi connectivity index (χ2v) is 4.90. The highest BCUT2D eigenvalue weighted by atomic mass is 32.2. The van der Waals surface area contributed by atoms with Gasteiger partial charge in [0.1, 0.15) is 6.07 Å². The second kappa shape index (κ2) is 4.94. The molecule has 0 unspecified atom stereocenters. The van der Waals surface area contributed by atoms with Crippen LogP contribution in [0.4, 0.5) is 5.69 Å². The molecule has 17 heavy (non-hydrogen) atoms. The molecule has 0 spiro atoms. The predicted octanol–water partition coefficient (Wildman–Crippen LogP) is 3.60. The van der Waals surface area contributed by atoms with Gasteiger partial charge in [-0.15, -0.1) is 0 Å². The Kier molecular flexibility index (Phi) is 3.36. The summed E-state index contributed by atoms with van der Waals surface area (Å²) in [6.07, 6.45) is 0. The summed E-state index contributed by atoms with van der Waals surface area (Å²) in [5.41, 5.74) is 8.20. The number of anilines is 1. The van der Waals surface area contributed by atoms with Crippen molar-refractivity contribution in [3.8, 4) is 6.07 Å². The summed E-state index contributed by atoms with van der Waals surface area (Å²) < 4.78 is 0. The van der Waals surface area contributed by atoms with Crippen LogP contribution in [-0.4, -0.2) is 0 Å². The fraction of sp³-hybridized carbons (Fsp3) is 0.0714. The Balaban J connectivity index is 2.30. The van der Waals surface area contributed by atoms with Crippen molar-refractivity contribution in [2.45, 2.75) is 16.7 Å². The maximum atomic E-state index is 9.08. The summed E-state index contributed by atoms with van der Waals surface area (Å²) in [4.78, 5) is 2.06. The zero-order valence-corrected chi connectivity index (χ0v) is 10.3. The lowest BCUT2D eigenvalue weighted by Gasteiger charge is -2.05. The zero-order chi connectivity index (χ0) is 12.3. The van der Waals surface area contributed by atoms with E-state index in [4.69, 9.17) is 11.0 Å². The third kappa shape index (κ3) is 2.80. The molecule has 0 bridgehead atoms. The van der Waals surface area contributed by atoms with E-state index >= 15 is 0 Å². The lowest BCUT2D eigenvalue weighted by atomic mass is 10.2. The quantitative estimate of drug-likeness (QED) is 0.816. The zero-order valence-electron chi connectivity index (χ0n) is 9.47. The molecule has 2 aromatic rings. The number of hydrogen-bond acceptors (Lipinski definition) is 3. The first-order chi connectivity index (χ1) is 8.19. The van der Waals surface area contributed by atoms with E-state index < -0.39 is 0 Å². The molecular formula is C14H12N2S. The Bertz CT molecular complexity index is 568. The molecule has 0 amide bonds. The molecule has 0 aromatic heterocycles. The largest absolute Gasteiger partial charge is 0.399 e. The number of nitrogen functional groups attached to an aromatic ring is 1. The van der Waals surface area contributed by atoms with E-state index in [2.05, 4.69) is 6.07 Å². The monoisotopic (exact) mass is 240 g/mol. The van der Waals surface area contributed by atoms with Crippen molar-refractivity contribution in [1.82, 2.24) is 0 Å². The van der Waals surface area contributed by atoms with Crippen LogP contribution in [0.5, 0.6) is 0 Å². The maximum absolute atomic E-state index is 9.08. The predicted molar refractivity (Wildman–Crippen MR) is 70.9 cm³/mol. The highest BCUT2D eigenvalue weighted by Crippen LogP contribution is 2.31. The number of nitrogens with two attached hydrogens (primary N) is 1. The lowest BCUT2D eigenvalue weighted by Crippen LogP contribution is -1.85. The summed E-state index contributed by atoms with van der Waals surface area (Å²) in [6, 6.07) is 15.8. The van der Waals surface area contributed by atoms with E-state index in [9.17, 15) is 0 Å². The summed E-state index contributed by atoms with van der Waals surface area (Å²) in [5, 5.41) is 9.08. The van der Waals surface area contributed by atoms with Crippen LogP contribution in [0.25, 0.3) is 0 Å². The van der Waals surface area contributed by atoms with Gasteiger partial charge in [0, 0.05) is 15.5 Å². The first-order valence-electron chi connectivity index (χ1n) is 5.23. The molecule has 0 radical (unpaired) electrons. The molecule has 0 saturated carbocycles. The minimum atomic E-state index is 0.715.